The van der Waals surface area contributed by atoms with Crippen molar-refractivity contribution in [3.8, 4) is 5.69 Å². The van der Waals surface area contributed by atoms with Crippen LogP contribution < -0.4 is 0 Å². The second-order valence-electron chi connectivity index (χ2n) is 7.28. The molecular formula is C19H21ClN4O3. The Kier molecular flexibility index (Phi) is 4.63. The molecule has 2 fully saturated rings. The van der Waals surface area contributed by atoms with Gasteiger partial charge in [-0.25, -0.2) is 14.5 Å². The lowest BCUT2D eigenvalue weighted by Crippen LogP contribution is -2.46. The number of hydrogen-bond donors (Lipinski definition) is 1. The molecule has 8 heteroatoms. The van der Waals surface area contributed by atoms with Crippen molar-refractivity contribution in [3.05, 3.63) is 40.9 Å². The van der Waals surface area contributed by atoms with Crippen molar-refractivity contribution in [2.45, 2.75) is 51.1 Å². The third-order valence-electron chi connectivity index (χ3n) is 5.64. The van der Waals surface area contributed by atoms with Gasteiger partial charge in [0.05, 0.1) is 5.69 Å². The summed E-state index contributed by atoms with van der Waals surface area (Å²) in [6.07, 6.45) is 4.45. The largest absolute Gasteiger partial charge is 0.480 e. The Morgan fingerprint density at radius 1 is 1.19 bits per heavy atom. The van der Waals surface area contributed by atoms with E-state index in [4.69, 9.17) is 11.6 Å². The van der Waals surface area contributed by atoms with Gasteiger partial charge in [0.15, 0.2) is 0 Å². The molecule has 1 saturated heterocycles. The summed E-state index contributed by atoms with van der Waals surface area (Å²) < 4.78 is 1.58. The van der Waals surface area contributed by atoms with Crippen LogP contribution in [0.15, 0.2) is 24.3 Å². The van der Waals surface area contributed by atoms with Crippen molar-refractivity contribution in [2.24, 2.45) is 5.92 Å². The molecule has 0 spiro atoms. The van der Waals surface area contributed by atoms with E-state index < -0.39 is 17.9 Å². The monoisotopic (exact) mass is 388 g/mol. The van der Waals surface area contributed by atoms with Gasteiger partial charge in [0, 0.05) is 11.1 Å². The second kappa shape index (κ2) is 6.96. The minimum absolute atomic E-state index is 0.0323. The number of aromatic nitrogens is 3. The highest BCUT2D eigenvalue weighted by molar-refractivity contribution is 6.30. The molecule has 0 unspecified atom stereocenters. The molecule has 1 aromatic heterocycles. The molecular weight excluding hydrogens is 368 g/mol. The van der Waals surface area contributed by atoms with Gasteiger partial charge in [0.25, 0.3) is 5.91 Å². The van der Waals surface area contributed by atoms with Crippen LogP contribution in [0.25, 0.3) is 5.69 Å². The molecule has 0 radical (unpaired) electrons. The summed E-state index contributed by atoms with van der Waals surface area (Å²) in [4.78, 5) is 30.8. The van der Waals surface area contributed by atoms with Crippen LogP contribution in [0, 0.1) is 12.8 Å². The number of amides is 1. The third kappa shape index (κ3) is 3.20. The van der Waals surface area contributed by atoms with Crippen molar-refractivity contribution in [3.63, 3.8) is 0 Å². The standard InChI is InChI=1S/C19H21ClN4O3/c1-11-21-17(22-24(11)14-8-6-13(20)7-9-14)18(25)23-15-5-3-2-4-12(15)10-16(23)19(26)27/h6-9,12,15-16H,2-5,10H2,1H3,(H,26,27)/t12-,15+,16+/m1/s1. The molecule has 1 N–H and O–H groups in total. The highest BCUT2D eigenvalue weighted by atomic mass is 35.5. The molecule has 27 heavy (non-hydrogen) atoms. The zero-order chi connectivity index (χ0) is 19.1. The molecule has 1 aliphatic heterocycles. The van der Waals surface area contributed by atoms with E-state index in [2.05, 4.69) is 10.1 Å². The molecule has 1 aliphatic carbocycles. The number of aryl methyl sites for hydroxylation is 1. The molecule has 0 bridgehead atoms. The highest BCUT2D eigenvalue weighted by Crippen LogP contribution is 2.40. The lowest BCUT2D eigenvalue weighted by Gasteiger charge is -2.32. The van der Waals surface area contributed by atoms with Gasteiger partial charge in [-0.2, -0.15) is 0 Å². The summed E-state index contributed by atoms with van der Waals surface area (Å²) in [6, 6.07) is 6.25. The van der Waals surface area contributed by atoms with Crippen LogP contribution in [-0.2, 0) is 4.79 Å². The first-order valence-electron chi connectivity index (χ1n) is 9.21. The molecule has 142 valence electrons. The SMILES string of the molecule is Cc1nc(C(=O)N2[C@H](C(=O)O)C[C@H]3CCCC[C@@H]32)nn1-c1ccc(Cl)cc1. The molecule has 4 rings (SSSR count). The minimum atomic E-state index is -0.952. The van der Waals surface area contributed by atoms with Crippen molar-refractivity contribution < 1.29 is 14.7 Å². The number of aliphatic carboxylic acids is 1. The predicted octanol–water partition coefficient (Wildman–Crippen LogP) is 3.09. The number of likely N-dealkylation sites (tertiary alicyclic amines) is 1. The number of carboxylic acid groups (broad SMARTS) is 1. The Labute approximate surface area is 161 Å². The summed E-state index contributed by atoms with van der Waals surface area (Å²) >= 11 is 5.93. The lowest BCUT2D eigenvalue weighted by atomic mass is 9.85. The third-order valence-corrected chi connectivity index (χ3v) is 5.89. The Morgan fingerprint density at radius 2 is 1.89 bits per heavy atom. The van der Waals surface area contributed by atoms with E-state index in [0.29, 0.717) is 17.3 Å². The maximum Gasteiger partial charge on any atom is 0.326 e. The van der Waals surface area contributed by atoms with Crippen LogP contribution in [0.4, 0.5) is 0 Å². The Balaban J connectivity index is 1.66. The molecule has 2 heterocycles. The van der Waals surface area contributed by atoms with Gasteiger partial charge in [-0.1, -0.05) is 24.4 Å². The van der Waals surface area contributed by atoms with E-state index in [1.165, 1.54) is 4.90 Å². The fraction of sp³-hybridized carbons (Fsp3) is 0.474. The fourth-order valence-electron chi connectivity index (χ4n) is 4.40. The predicted molar refractivity (Wildman–Crippen MR) is 99.1 cm³/mol. The maximum atomic E-state index is 13.2. The molecule has 1 saturated carbocycles. The van der Waals surface area contributed by atoms with Crippen molar-refractivity contribution in [1.82, 2.24) is 19.7 Å². The number of benzene rings is 1. The minimum Gasteiger partial charge on any atom is -0.480 e. The zero-order valence-corrected chi connectivity index (χ0v) is 15.8. The average Bonchev–Trinajstić information content (AvgIpc) is 3.23. The van der Waals surface area contributed by atoms with Crippen LogP contribution in [0.3, 0.4) is 0 Å². The summed E-state index contributed by atoms with van der Waals surface area (Å²) in [6.45, 7) is 1.76. The number of nitrogens with zero attached hydrogens (tertiary/aromatic N) is 4. The van der Waals surface area contributed by atoms with E-state index in [1.807, 2.05) is 0 Å². The number of rotatable bonds is 3. The summed E-state index contributed by atoms with van der Waals surface area (Å²) in [5.74, 6) is -0.491. The van der Waals surface area contributed by atoms with Crippen LogP contribution in [0.1, 0.15) is 48.5 Å². The number of carbonyl (C=O) groups is 2. The molecule has 2 aromatic rings. The Bertz CT molecular complexity index is 880. The van der Waals surface area contributed by atoms with E-state index in [1.54, 1.807) is 35.9 Å². The quantitative estimate of drug-likeness (QED) is 0.872. The van der Waals surface area contributed by atoms with E-state index in [9.17, 15) is 14.7 Å². The van der Waals surface area contributed by atoms with Crippen LogP contribution >= 0.6 is 11.6 Å². The van der Waals surface area contributed by atoms with E-state index in [-0.39, 0.29) is 17.8 Å². The number of carboxylic acids is 1. The molecule has 7 nitrogen and oxygen atoms in total. The van der Waals surface area contributed by atoms with Crippen molar-refractivity contribution in [2.75, 3.05) is 0 Å². The Morgan fingerprint density at radius 3 is 2.59 bits per heavy atom. The summed E-state index contributed by atoms with van der Waals surface area (Å²) in [7, 11) is 0. The van der Waals surface area contributed by atoms with E-state index >= 15 is 0 Å². The first kappa shape index (κ1) is 18.0. The van der Waals surface area contributed by atoms with Gasteiger partial charge in [-0.3, -0.25) is 4.79 Å². The van der Waals surface area contributed by atoms with Crippen LogP contribution in [-0.4, -0.2) is 48.7 Å². The second-order valence-corrected chi connectivity index (χ2v) is 7.72. The van der Waals surface area contributed by atoms with E-state index in [0.717, 1.165) is 31.4 Å². The number of hydrogen-bond acceptors (Lipinski definition) is 4. The maximum absolute atomic E-state index is 13.2. The number of carbonyl (C=O) groups excluding carboxylic acids is 1. The van der Waals surface area contributed by atoms with Gasteiger partial charge >= 0.3 is 5.97 Å². The normalized spacial score (nSPS) is 24.7. The fourth-order valence-corrected chi connectivity index (χ4v) is 4.52. The van der Waals surface area contributed by atoms with Crippen molar-refractivity contribution in [1.29, 1.82) is 0 Å². The smallest absolute Gasteiger partial charge is 0.326 e. The first-order chi connectivity index (χ1) is 13.0. The Hall–Kier alpha value is -2.41. The topological polar surface area (TPSA) is 88.3 Å². The molecule has 2 aliphatic rings. The molecule has 1 aromatic carbocycles. The molecule has 3 atom stereocenters. The number of fused-ring (bicyclic) bond motifs is 1. The van der Waals surface area contributed by atoms with Gasteiger partial charge in [-0.15, -0.1) is 5.10 Å². The number of halogens is 1. The van der Waals surface area contributed by atoms with Crippen LogP contribution in [0.2, 0.25) is 5.02 Å². The van der Waals surface area contributed by atoms with Gasteiger partial charge in [0.2, 0.25) is 5.82 Å². The summed E-state index contributed by atoms with van der Waals surface area (Å²) in [5, 5.41) is 14.6. The molecule has 1 amide bonds. The average molecular weight is 389 g/mol. The van der Waals surface area contributed by atoms with Gasteiger partial charge < -0.3 is 10.0 Å². The van der Waals surface area contributed by atoms with Gasteiger partial charge in [-0.05, 0) is 56.4 Å². The summed E-state index contributed by atoms with van der Waals surface area (Å²) in [5.41, 5.74) is 0.746. The lowest BCUT2D eigenvalue weighted by molar-refractivity contribution is -0.141. The van der Waals surface area contributed by atoms with Gasteiger partial charge in [0.1, 0.15) is 11.9 Å². The first-order valence-corrected chi connectivity index (χ1v) is 9.58. The van der Waals surface area contributed by atoms with Crippen LogP contribution in [0.5, 0.6) is 0 Å². The zero-order valence-electron chi connectivity index (χ0n) is 15.0. The van der Waals surface area contributed by atoms with Crippen molar-refractivity contribution >= 4 is 23.5 Å². The highest BCUT2D eigenvalue weighted by Gasteiger charge is 2.48.